The minimum absolute atomic E-state index is 0.0190. The number of dihydropyridines is 1. The molecule has 194 valence electrons. The van der Waals surface area contributed by atoms with E-state index in [0.717, 1.165) is 11.3 Å². The third-order valence-electron chi connectivity index (χ3n) is 6.51. The third kappa shape index (κ3) is 5.57. The van der Waals surface area contributed by atoms with E-state index in [1.165, 1.54) is 14.0 Å². The van der Waals surface area contributed by atoms with Gasteiger partial charge in [-0.3, -0.25) is 9.59 Å². The van der Waals surface area contributed by atoms with Crippen molar-refractivity contribution in [2.45, 2.75) is 58.5 Å². The Morgan fingerprint density at radius 3 is 2.32 bits per heavy atom. The molecule has 0 fully saturated rings. The molecule has 0 spiro atoms. The second-order valence-corrected chi connectivity index (χ2v) is 9.96. The van der Waals surface area contributed by atoms with Crippen molar-refractivity contribution >= 4 is 29.3 Å². The second kappa shape index (κ2) is 10.8. The number of rotatable bonds is 6. The maximum absolute atomic E-state index is 13.7. The Kier molecular flexibility index (Phi) is 7.73. The first-order valence-electron chi connectivity index (χ1n) is 12.2. The largest absolute Gasteiger partial charge is 0.493 e. The van der Waals surface area contributed by atoms with E-state index in [9.17, 15) is 14.4 Å². The number of ketones is 1. The standard InChI is InChI=1S/C29H30ClNO6/c1-15(2)36-29(34)26-16(3)31-22-12-20(18-6-9-21(30)10-7-18)13-23(33)28(22)27(26)19-8-11-24(37-17(4)32)25(14-19)35-5/h6-11,14-15,20,27,31H,12-13H2,1-5H3/t20-,27+/m1/s1. The van der Waals surface area contributed by atoms with Crippen molar-refractivity contribution in [1.82, 2.24) is 5.32 Å². The Bertz CT molecular complexity index is 1310. The first-order chi connectivity index (χ1) is 17.6. The lowest BCUT2D eigenvalue weighted by molar-refractivity contribution is -0.143. The first kappa shape index (κ1) is 26.5. The van der Waals surface area contributed by atoms with Crippen molar-refractivity contribution in [2.24, 2.45) is 0 Å². The van der Waals surface area contributed by atoms with E-state index in [4.69, 9.17) is 25.8 Å². The van der Waals surface area contributed by atoms with Gasteiger partial charge in [-0.2, -0.15) is 0 Å². The van der Waals surface area contributed by atoms with Gasteiger partial charge >= 0.3 is 11.9 Å². The van der Waals surface area contributed by atoms with E-state index in [2.05, 4.69) is 5.32 Å². The Morgan fingerprint density at radius 2 is 1.70 bits per heavy atom. The van der Waals surface area contributed by atoms with Crippen molar-refractivity contribution in [3.8, 4) is 11.5 Å². The predicted molar refractivity (Wildman–Crippen MR) is 140 cm³/mol. The zero-order chi connectivity index (χ0) is 26.9. The number of allylic oxidation sites excluding steroid dienone is 3. The van der Waals surface area contributed by atoms with Gasteiger partial charge in [-0.05, 0) is 68.5 Å². The average Bonchev–Trinajstić information content (AvgIpc) is 2.83. The molecular formula is C29H30ClNO6. The van der Waals surface area contributed by atoms with Crippen LogP contribution in [0.2, 0.25) is 5.02 Å². The average molecular weight is 524 g/mol. The molecule has 8 heteroatoms. The molecule has 2 atom stereocenters. The molecular weight excluding hydrogens is 494 g/mol. The highest BCUT2D eigenvalue weighted by atomic mass is 35.5. The molecule has 2 aliphatic rings. The molecule has 1 aliphatic heterocycles. The molecule has 1 aliphatic carbocycles. The minimum atomic E-state index is -0.665. The summed E-state index contributed by atoms with van der Waals surface area (Å²) in [6.45, 7) is 6.68. The van der Waals surface area contributed by atoms with E-state index in [1.54, 1.807) is 32.0 Å². The monoisotopic (exact) mass is 523 g/mol. The van der Waals surface area contributed by atoms with Crippen LogP contribution in [0.1, 0.15) is 63.5 Å². The molecule has 0 bridgehead atoms. The molecule has 4 rings (SSSR count). The van der Waals surface area contributed by atoms with Gasteiger partial charge in [0.25, 0.3) is 0 Å². The quantitative estimate of drug-likeness (QED) is 0.390. The van der Waals surface area contributed by atoms with Crippen LogP contribution in [0.25, 0.3) is 0 Å². The second-order valence-electron chi connectivity index (χ2n) is 9.53. The Balaban J connectivity index is 1.82. The van der Waals surface area contributed by atoms with Gasteiger partial charge in [-0.15, -0.1) is 0 Å². The van der Waals surface area contributed by atoms with E-state index in [-0.39, 0.29) is 23.6 Å². The maximum atomic E-state index is 13.7. The lowest BCUT2D eigenvalue weighted by Gasteiger charge is -2.37. The molecule has 0 saturated heterocycles. The summed E-state index contributed by atoms with van der Waals surface area (Å²) in [5.41, 5.74) is 4.00. The topological polar surface area (TPSA) is 90.9 Å². The summed E-state index contributed by atoms with van der Waals surface area (Å²) < 4.78 is 16.3. The van der Waals surface area contributed by atoms with Gasteiger partial charge in [0.15, 0.2) is 17.3 Å². The van der Waals surface area contributed by atoms with E-state index in [0.29, 0.717) is 46.0 Å². The third-order valence-corrected chi connectivity index (χ3v) is 6.76. The zero-order valence-corrected chi connectivity index (χ0v) is 22.3. The molecule has 0 amide bonds. The fraction of sp³-hybridized carbons (Fsp3) is 0.345. The highest BCUT2D eigenvalue weighted by molar-refractivity contribution is 6.30. The number of ether oxygens (including phenoxy) is 3. The van der Waals surface area contributed by atoms with Gasteiger partial charge in [0, 0.05) is 41.3 Å². The maximum Gasteiger partial charge on any atom is 0.337 e. The lowest BCUT2D eigenvalue weighted by Crippen LogP contribution is -2.36. The van der Waals surface area contributed by atoms with Crippen LogP contribution in [0.4, 0.5) is 0 Å². The lowest BCUT2D eigenvalue weighted by atomic mass is 9.71. The number of nitrogens with one attached hydrogen (secondary N) is 1. The molecule has 0 aromatic heterocycles. The number of esters is 2. The smallest absolute Gasteiger partial charge is 0.337 e. The summed E-state index contributed by atoms with van der Waals surface area (Å²) in [6.07, 6.45) is 0.569. The first-order valence-corrected chi connectivity index (χ1v) is 12.5. The number of carbonyl (C=O) groups excluding carboxylic acids is 3. The van der Waals surface area contributed by atoms with Gasteiger partial charge < -0.3 is 19.5 Å². The summed E-state index contributed by atoms with van der Waals surface area (Å²) in [5, 5.41) is 3.98. The van der Waals surface area contributed by atoms with Crippen molar-refractivity contribution in [2.75, 3.05) is 7.11 Å². The highest BCUT2D eigenvalue weighted by Crippen LogP contribution is 2.47. The van der Waals surface area contributed by atoms with E-state index < -0.39 is 17.9 Å². The Hall–Kier alpha value is -3.58. The fourth-order valence-corrected chi connectivity index (χ4v) is 5.12. The highest BCUT2D eigenvalue weighted by Gasteiger charge is 2.42. The Labute approximate surface area is 221 Å². The van der Waals surface area contributed by atoms with Gasteiger partial charge in [0.05, 0.1) is 18.8 Å². The van der Waals surface area contributed by atoms with Crippen molar-refractivity contribution < 1.29 is 28.6 Å². The molecule has 0 radical (unpaired) electrons. The predicted octanol–water partition coefficient (Wildman–Crippen LogP) is 5.59. The SMILES string of the molecule is COc1cc([C@H]2C(C(=O)OC(C)C)=C(C)NC3=C2C(=O)C[C@H](c2ccc(Cl)cc2)C3)ccc1OC(C)=O. The number of carbonyl (C=O) groups is 3. The van der Waals surface area contributed by atoms with Gasteiger partial charge in [0.1, 0.15) is 0 Å². The van der Waals surface area contributed by atoms with Crippen LogP contribution in [0.15, 0.2) is 65.0 Å². The van der Waals surface area contributed by atoms with Crippen molar-refractivity contribution in [1.29, 1.82) is 0 Å². The number of Topliss-reactive ketones (excluding diaryl/α,β-unsaturated/α-hetero) is 1. The minimum Gasteiger partial charge on any atom is -0.493 e. The summed E-state index contributed by atoms with van der Waals surface area (Å²) in [4.78, 5) is 38.6. The summed E-state index contributed by atoms with van der Waals surface area (Å²) in [7, 11) is 1.47. The molecule has 0 saturated carbocycles. The van der Waals surface area contributed by atoms with E-state index in [1.807, 2.05) is 31.2 Å². The molecule has 7 nitrogen and oxygen atoms in total. The molecule has 0 unspecified atom stereocenters. The molecule has 2 aromatic carbocycles. The van der Waals surface area contributed by atoms with Crippen molar-refractivity contribution in [3.63, 3.8) is 0 Å². The Morgan fingerprint density at radius 1 is 1.03 bits per heavy atom. The molecule has 2 aromatic rings. The summed E-state index contributed by atoms with van der Waals surface area (Å²) >= 11 is 6.06. The van der Waals surface area contributed by atoms with Crippen LogP contribution in [0, 0.1) is 0 Å². The number of benzene rings is 2. The number of methoxy groups -OCH3 is 1. The molecule has 37 heavy (non-hydrogen) atoms. The van der Waals surface area contributed by atoms with Crippen LogP contribution < -0.4 is 14.8 Å². The van der Waals surface area contributed by atoms with Crippen LogP contribution in [-0.4, -0.2) is 30.9 Å². The van der Waals surface area contributed by atoms with Gasteiger partial charge in [-0.25, -0.2) is 4.79 Å². The van der Waals surface area contributed by atoms with Crippen LogP contribution in [-0.2, 0) is 19.1 Å². The van der Waals surface area contributed by atoms with E-state index >= 15 is 0 Å². The normalized spacial score (nSPS) is 19.4. The molecule has 1 heterocycles. The number of halogens is 1. The number of hydrogen-bond acceptors (Lipinski definition) is 7. The fourth-order valence-electron chi connectivity index (χ4n) is 4.99. The summed E-state index contributed by atoms with van der Waals surface area (Å²) in [6, 6.07) is 12.6. The van der Waals surface area contributed by atoms with Gasteiger partial charge in [0.2, 0.25) is 0 Å². The number of hydrogen-bond donors (Lipinski definition) is 1. The van der Waals surface area contributed by atoms with Crippen molar-refractivity contribution in [3.05, 3.63) is 81.2 Å². The summed E-state index contributed by atoms with van der Waals surface area (Å²) in [5.74, 6) is -1.13. The zero-order valence-electron chi connectivity index (χ0n) is 21.5. The van der Waals surface area contributed by atoms with Crippen LogP contribution in [0.5, 0.6) is 11.5 Å². The van der Waals surface area contributed by atoms with Crippen LogP contribution >= 0.6 is 11.6 Å². The molecule has 1 N–H and O–H groups in total. The van der Waals surface area contributed by atoms with Crippen LogP contribution in [0.3, 0.4) is 0 Å². The van der Waals surface area contributed by atoms with Gasteiger partial charge in [-0.1, -0.05) is 29.8 Å².